The molecule has 1 N–H and O–H groups in total. The Kier molecular flexibility index (Phi) is 5.33. The SMILES string of the molecule is Cc1cc(Cl)ccc1N1C(=O)C(=O)/C(=C(/O)c2cccc(Cl)c2)C1c1cccnc1. The first-order valence-corrected chi connectivity index (χ1v) is 9.87. The van der Waals surface area contributed by atoms with Gasteiger partial charge in [-0.2, -0.15) is 0 Å². The van der Waals surface area contributed by atoms with E-state index in [1.807, 2.05) is 0 Å². The minimum Gasteiger partial charge on any atom is -0.507 e. The van der Waals surface area contributed by atoms with E-state index in [1.165, 1.54) is 11.0 Å². The Morgan fingerprint density at radius 2 is 1.80 bits per heavy atom. The molecule has 0 spiro atoms. The fraction of sp³-hybridized carbons (Fsp3) is 0.0870. The lowest BCUT2D eigenvalue weighted by Gasteiger charge is -2.26. The summed E-state index contributed by atoms with van der Waals surface area (Å²) in [6.07, 6.45) is 3.17. The van der Waals surface area contributed by atoms with Gasteiger partial charge < -0.3 is 5.11 Å². The maximum absolute atomic E-state index is 13.1. The van der Waals surface area contributed by atoms with E-state index in [4.69, 9.17) is 23.2 Å². The highest BCUT2D eigenvalue weighted by Crippen LogP contribution is 2.43. The Labute approximate surface area is 183 Å². The molecule has 1 unspecified atom stereocenters. The molecule has 1 atom stereocenters. The van der Waals surface area contributed by atoms with Crippen LogP contribution in [0.1, 0.15) is 22.7 Å². The van der Waals surface area contributed by atoms with E-state index in [0.29, 0.717) is 26.9 Å². The minimum atomic E-state index is -0.849. The summed E-state index contributed by atoms with van der Waals surface area (Å²) in [5.74, 6) is -1.81. The van der Waals surface area contributed by atoms with Crippen LogP contribution in [-0.2, 0) is 9.59 Å². The van der Waals surface area contributed by atoms with Gasteiger partial charge in [-0.3, -0.25) is 19.5 Å². The summed E-state index contributed by atoms with van der Waals surface area (Å²) < 4.78 is 0. The summed E-state index contributed by atoms with van der Waals surface area (Å²) in [5.41, 5.74) is 2.17. The molecule has 5 nitrogen and oxygen atoms in total. The molecule has 30 heavy (non-hydrogen) atoms. The normalized spacial score (nSPS) is 18.1. The molecule has 2 heterocycles. The molecular weight excluding hydrogens is 423 g/mol. The lowest BCUT2D eigenvalue weighted by Crippen LogP contribution is -2.30. The minimum absolute atomic E-state index is 0.0235. The number of amides is 1. The fourth-order valence-electron chi connectivity index (χ4n) is 3.61. The molecule has 1 aromatic heterocycles. The lowest BCUT2D eigenvalue weighted by molar-refractivity contribution is -0.132. The molecule has 3 aromatic rings. The predicted octanol–water partition coefficient (Wildman–Crippen LogP) is 5.32. The monoisotopic (exact) mass is 438 g/mol. The van der Waals surface area contributed by atoms with E-state index in [9.17, 15) is 14.7 Å². The summed E-state index contributed by atoms with van der Waals surface area (Å²) >= 11 is 12.1. The highest BCUT2D eigenvalue weighted by atomic mass is 35.5. The van der Waals surface area contributed by atoms with Gasteiger partial charge in [0.2, 0.25) is 0 Å². The molecule has 1 saturated heterocycles. The maximum Gasteiger partial charge on any atom is 0.300 e. The highest BCUT2D eigenvalue weighted by Gasteiger charge is 2.47. The number of aryl methyl sites for hydroxylation is 1. The number of halogens is 2. The van der Waals surface area contributed by atoms with E-state index in [1.54, 1.807) is 67.8 Å². The van der Waals surface area contributed by atoms with E-state index in [-0.39, 0.29) is 11.3 Å². The van der Waals surface area contributed by atoms with Crippen molar-refractivity contribution in [2.45, 2.75) is 13.0 Å². The molecular formula is C23H16Cl2N2O3. The van der Waals surface area contributed by atoms with Crippen molar-refractivity contribution in [1.29, 1.82) is 0 Å². The highest BCUT2D eigenvalue weighted by molar-refractivity contribution is 6.52. The third-order valence-electron chi connectivity index (χ3n) is 4.96. The first-order chi connectivity index (χ1) is 14.4. The summed E-state index contributed by atoms with van der Waals surface area (Å²) in [6.45, 7) is 1.80. The first kappa shape index (κ1) is 20.1. The third-order valence-corrected chi connectivity index (χ3v) is 5.43. The Morgan fingerprint density at radius 1 is 1.03 bits per heavy atom. The average molecular weight is 439 g/mol. The third kappa shape index (κ3) is 3.47. The summed E-state index contributed by atoms with van der Waals surface area (Å²) in [5, 5.41) is 11.9. The Balaban J connectivity index is 1.97. The topological polar surface area (TPSA) is 70.5 Å². The molecule has 0 bridgehead atoms. The smallest absolute Gasteiger partial charge is 0.300 e. The van der Waals surface area contributed by atoms with Gasteiger partial charge in [-0.05, 0) is 54.4 Å². The van der Waals surface area contributed by atoms with Crippen LogP contribution in [0.3, 0.4) is 0 Å². The number of aliphatic hydroxyl groups excluding tert-OH is 1. The van der Waals surface area contributed by atoms with Crippen LogP contribution in [0.4, 0.5) is 5.69 Å². The number of rotatable bonds is 3. The Bertz CT molecular complexity index is 1190. The van der Waals surface area contributed by atoms with E-state index < -0.39 is 17.7 Å². The van der Waals surface area contributed by atoms with Gasteiger partial charge in [-0.1, -0.05) is 41.4 Å². The number of Topliss-reactive ketones (excluding diaryl/α,β-unsaturated/α-hetero) is 1. The molecule has 0 radical (unpaired) electrons. The largest absolute Gasteiger partial charge is 0.507 e. The molecule has 1 fully saturated rings. The van der Waals surface area contributed by atoms with Gasteiger partial charge in [0.1, 0.15) is 5.76 Å². The number of carbonyl (C=O) groups is 2. The molecule has 150 valence electrons. The Hall–Kier alpha value is -3.15. The zero-order valence-corrected chi connectivity index (χ0v) is 17.4. The van der Waals surface area contributed by atoms with E-state index in [2.05, 4.69) is 4.98 Å². The summed E-state index contributed by atoms with van der Waals surface area (Å²) in [6, 6.07) is 14.2. The molecule has 4 rings (SSSR count). The van der Waals surface area contributed by atoms with Crippen LogP contribution in [0.2, 0.25) is 10.0 Å². The van der Waals surface area contributed by atoms with Crippen molar-refractivity contribution in [2.24, 2.45) is 0 Å². The van der Waals surface area contributed by atoms with Crippen molar-refractivity contribution < 1.29 is 14.7 Å². The molecule has 0 saturated carbocycles. The van der Waals surface area contributed by atoms with Gasteiger partial charge in [0.15, 0.2) is 0 Å². The van der Waals surface area contributed by atoms with Crippen LogP contribution in [0.25, 0.3) is 5.76 Å². The van der Waals surface area contributed by atoms with Crippen LogP contribution in [-0.4, -0.2) is 21.8 Å². The lowest BCUT2D eigenvalue weighted by atomic mass is 9.96. The quantitative estimate of drug-likeness (QED) is 0.341. The van der Waals surface area contributed by atoms with Crippen molar-refractivity contribution >= 4 is 46.3 Å². The Morgan fingerprint density at radius 3 is 2.47 bits per heavy atom. The standard InChI is InChI=1S/C23H16Cl2N2O3/c1-13-10-17(25)7-8-18(13)27-20(15-5-3-9-26-12-15)19(22(29)23(27)30)21(28)14-4-2-6-16(24)11-14/h2-12,20,28H,1H3/b21-19+. The van der Waals surface area contributed by atoms with Crippen molar-refractivity contribution in [3.05, 3.63) is 99.3 Å². The zero-order chi connectivity index (χ0) is 21.4. The molecule has 7 heteroatoms. The number of carbonyl (C=O) groups excluding carboxylic acids is 2. The number of pyridine rings is 1. The van der Waals surface area contributed by atoms with Crippen molar-refractivity contribution in [1.82, 2.24) is 4.98 Å². The number of hydrogen-bond donors (Lipinski definition) is 1. The zero-order valence-electron chi connectivity index (χ0n) is 15.8. The fourth-order valence-corrected chi connectivity index (χ4v) is 4.03. The van der Waals surface area contributed by atoms with E-state index >= 15 is 0 Å². The van der Waals surface area contributed by atoms with Gasteiger partial charge in [0, 0.05) is 33.7 Å². The van der Waals surface area contributed by atoms with Crippen molar-refractivity contribution in [2.75, 3.05) is 4.90 Å². The predicted molar refractivity (Wildman–Crippen MR) is 117 cm³/mol. The molecule has 0 aliphatic carbocycles. The number of aromatic nitrogens is 1. The van der Waals surface area contributed by atoms with Crippen LogP contribution < -0.4 is 4.90 Å². The van der Waals surface area contributed by atoms with Crippen molar-refractivity contribution in [3.8, 4) is 0 Å². The molecule has 1 aliphatic heterocycles. The van der Waals surface area contributed by atoms with Crippen LogP contribution in [0.5, 0.6) is 0 Å². The average Bonchev–Trinajstić information content (AvgIpc) is 2.99. The summed E-state index contributed by atoms with van der Waals surface area (Å²) in [7, 11) is 0. The number of hydrogen-bond acceptors (Lipinski definition) is 4. The molecule has 1 aliphatic rings. The molecule has 2 aromatic carbocycles. The number of aliphatic hydroxyl groups is 1. The van der Waals surface area contributed by atoms with Gasteiger partial charge in [-0.15, -0.1) is 0 Å². The van der Waals surface area contributed by atoms with Crippen LogP contribution in [0.15, 0.2) is 72.6 Å². The van der Waals surface area contributed by atoms with E-state index in [0.717, 1.165) is 5.56 Å². The van der Waals surface area contributed by atoms with Crippen molar-refractivity contribution in [3.63, 3.8) is 0 Å². The second-order valence-corrected chi connectivity index (χ2v) is 7.77. The number of ketones is 1. The van der Waals surface area contributed by atoms with Gasteiger partial charge in [-0.25, -0.2) is 0 Å². The summed E-state index contributed by atoms with van der Waals surface area (Å²) in [4.78, 5) is 31.7. The number of anilines is 1. The number of benzene rings is 2. The van der Waals surface area contributed by atoms with Gasteiger partial charge in [0.25, 0.3) is 11.7 Å². The van der Waals surface area contributed by atoms with Crippen LogP contribution in [0, 0.1) is 6.92 Å². The number of nitrogens with zero attached hydrogens (tertiary/aromatic N) is 2. The van der Waals surface area contributed by atoms with Gasteiger partial charge in [0.05, 0.1) is 11.6 Å². The molecule has 1 amide bonds. The second kappa shape index (κ2) is 7.94. The van der Waals surface area contributed by atoms with Gasteiger partial charge >= 0.3 is 0 Å². The van der Waals surface area contributed by atoms with Crippen LogP contribution >= 0.6 is 23.2 Å². The first-order valence-electron chi connectivity index (χ1n) is 9.11. The maximum atomic E-state index is 13.1. The second-order valence-electron chi connectivity index (χ2n) is 6.90.